The van der Waals surface area contributed by atoms with Crippen LogP contribution in [0.3, 0.4) is 0 Å². The number of ether oxygens (including phenoxy) is 1. The fourth-order valence-corrected chi connectivity index (χ4v) is 2.73. The highest BCUT2D eigenvalue weighted by atomic mass is 16.5. The summed E-state index contributed by atoms with van der Waals surface area (Å²) in [5.74, 6) is -0.853. The van der Waals surface area contributed by atoms with Crippen LogP contribution in [-0.2, 0) is 15.1 Å². The van der Waals surface area contributed by atoms with Crippen molar-refractivity contribution in [1.29, 1.82) is 0 Å². The Morgan fingerprint density at radius 2 is 2.05 bits per heavy atom. The van der Waals surface area contributed by atoms with Crippen LogP contribution in [0.25, 0.3) is 0 Å². The Kier molecular flexibility index (Phi) is 5.37. The SMILES string of the molecule is CC(C)C(O)(C(=O)OCC1=CCCN(C)C1)c1ccccc1. The minimum absolute atomic E-state index is 0.241. The van der Waals surface area contributed by atoms with Gasteiger partial charge in [0.25, 0.3) is 0 Å². The topological polar surface area (TPSA) is 49.8 Å². The predicted molar refractivity (Wildman–Crippen MR) is 86.3 cm³/mol. The molecule has 0 radical (unpaired) electrons. The van der Waals surface area contributed by atoms with E-state index in [4.69, 9.17) is 4.74 Å². The van der Waals surface area contributed by atoms with Crippen molar-refractivity contribution >= 4 is 5.97 Å². The van der Waals surface area contributed by atoms with Crippen LogP contribution in [0.1, 0.15) is 25.8 Å². The minimum atomic E-state index is -1.61. The standard InChI is InChI=1S/C18H25NO3/c1-14(2)18(21,16-9-5-4-6-10-16)17(20)22-13-15-8-7-11-19(3)12-15/h4-6,8-10,14,21H,7,11-13H2,1-3H3. The summed E-state index contributed by atoms with van der Waals surface area (Å²) >= 11 is 0. The number of esters is 1. The highest BCUT2D eigenvalue weighted by Gasteiger charge is 2.42. The van der Waals surface area contributed by atoms with Crippen molar-refractivity contribution in [1.82, 2.24) is 4.90 Å². The molecule has 4 nitrogen and oxygen atoms in total. The van der Waals surface area contributed by atoms with Crippen LogP contribution < -0.4 is 0 Å². The smallest absolute Gasteiger partial charge is 0.343 e. The van der Waals surface area contributed by atoms with Gasteiger partial charge < -0.3 is 14.7 Å². The van der Waals surface area contributed by atoms with Crippen molar-refractivity contribution in [3.05, 3.63) is 47.5 Å². The molecule has 1 unspecified atom stereocenters. The summed E-state index contributed by atoms with van der Waals surface area (Å²) < 4.78 is 5.43. The molecule has 1 N–H and O–H groups in total. The summed E-state index contributed by atoms with van der Waals surface area (Å²) in [6, 6.07) is 9.01. The quantitative estimate of drug-likeness (QED) is 0.670. The highest BCUT2D eigenvalue weighted by molar-refractivity contribution is 5.81. The summed E-state index contributed by atoms with van der Waals surface area (Å²) in [5.41, 5.74) is 0.0496. The fraction of sp³-hybridized carbons (Fsp3) is 0.500. The van der Waals surface area contributed by atoms with Crippen molar-refractivity contribution in [2.75, 3.05) is 26.7 Å². The lowest BCUT2D eigenvalue weighted by atomic mass is 9.83. The maximum Gasteiger partial charge on any atom is 0.343 e. The van der Waals surface area contributed by atoms with Gasteiger partial charge in [-0.15, -0.1) is 0 Å². The third kappa shape index (κ3) is 3.57. The number of carbonyl (C=O) groups excluding carboxylic acids is 1. The third-order valence-corrected chi connectivity index (χ3v) is 4.17. The molecule has 1 aromatic carbocycles. The number of nitrogens with zero attached hydrogens (tertiary/aromatic N) is 1. The summed E-state index contributed by atoms with van der Waals surface area (Å²) in [7, 11) is 2.04. The van der Waals surface area contributed by atoms with Crippen LogP contribution >= 0.6 is 0 Å². The Morgan fingerprint density at radius 1 is 1.36 bits per heavy atom. The van der Waals surface area contributed by atoms with E-state index in [0.717, 1.165) is 25.1 Å². The Bertz CT molecular complexity index is 539. The molecule has 0 spiro atoms. The molecular formula is C18H25NO3. The van der Waals surface area contributed by atoms with Crippen LogP contribution in [0.5, 0.6) is 0 Å². The lowest BCUT2D eigenvalue weighted by molar-refractivity contribution is -0.171. The molecule has 1 atom stereocenters. The van der Waals surface area contributed by atoms with Crippen molar-refractivity contribution in [3.8, 4) is 0 Å². The Hall–Kier alpha value is -1.65. The molecule has 1 aromatic rings. The number of aliphatic hydroxyl groups is 1. The lowest BCUT2D eigenvalue weighted by Crippen LogP contribution is -2.42. The molecule has 120 valence electrons. The maximum absolute atomic E-state index is 12.5. The van der Waals surface area contributed by atoms with Gasteiger partial charge in [0, 0.05) is 13.1 Å². The van der Waals surface area contributed by atoms with Crippen LogP contribution in [0.4, 0.5) is 0 Å². The second-order valence-electron chi connectivity index (χ2n) is 6.25. The predicted octanol–water partition coefficient (Wildman–Crippen LogP) is 2.34. The van der Waals surface area contributed by atoms with E-state index < -0.39 is 11.6 Å². The normalized spacial score (nSPS) is 18.7. The molecule has 22 heavy (non-hydrogen) atoms. The molecule has 0 saturated heterocycles. The van der Waals surface area contributed by atoms with E-state index in [2.05, 4.69) is 11.0 Å². The average Bonchev–Trinajstić information content (AvgIpc) is 2.52. The largest absolute Gasteiger partial charge is 0.459 e. The van der Waals surface area contributed by atoms with E-state index in [-0.39, 0.29) is 12.5 Å². The summed E-state index contributed by atoms with van der Waals surface area (Å²) in [5, 5.41) is 10.9. The first-order valence-corrected chi connectivity index (χ1v) is 7.76. The van der Waals surface area contributed by atoms with Crippen molar-refractivity contribution in [2.24, 2.45) is 5.92 Å². The molecule has 0 aromatic heterocycles. The molecule has 1 aliphatic heterocycles. The van der Waals surface area contributed by atoms with Gasteiger partial charge in [0.2, 0.25) is 0 Å². The molecule has 0 fully saturated rings. The molecule has 1 aliphatic rings. The summed E-state index contributed by atoms with van der Waals surface area (Å²) in [6.45, 7) is 5.71. The van der Waals surface area contributed by atoms with Gasteiger partial charge in [0.15, 0.2) is 5.60 Å². The summed E-state index contributed by atoms with van der Waals surface area (Å²) in [4.78, 5) is 14.7. The zero-order valence-electron chi connectivity index (χ0n) is 13.6. The number of carbonyl (C=O) groups is 1. The number of hydrogen-bond acceptors (Lipinski definition) is 4. The van der Waals surface area contributed by atoms with E-state index >= 15 is 0 Å². The van der Waals surface area contributed by atoms with E-state index in [1.165, 1.54) is 0 Å². The highest BCUT2D eigenvalue weighted by Crippen LogP contribution is 2.31. The van der Waals surface area contributed by atoms with Crippen LogP contribution in [0.2, 0.25) is 0 Å². The third-order valence-electron chi connectivity index (χ3n) is 4.17. The maximum atomic E-state index is 12.5. The van der Waals surface area contributed by atoms with Crippen LogP contribution in [0, 0.1) is 5.92 Å². The van der Waals surface area contributed by atoms with Gasteiger partial charge in [-0.3, -0.25) is 0 Å². The Balaban J connectivity index is 2.09. The first-order valence-electron chi connectivity index (χ1n) is 7.76. The molecule has 4 heteroatoms. The van der Waals surface area contributed by atoms with Crippen LogP contribution in [-0.4, -0.2) is 42.7 Å². The molecule has 0 bridgehead atoms. The molecule has 0 amide bonds. The number of likely N-dealkylation sites (N-methyl/N-ethyl adjacent to an activating group) is 1. The second kappa shape index (κ2) is 7.07. The summed E-state index contributed by atoms with van der Waals surface area (Å²) in [6.07, 6.45) is 3.08. The number of rotatable bonds is 5. The molecule has 2 rings (SSSR count). The zero-order valence-corrected chi connectivity index (χ0v) is 13.6. The molecule has 0 saturated carbocycles. The first-order chi connectivity index (χ1) is 10.4. The van der Waals surface area contributed by atoms with E-state index in [1.807, 2.05) is 39.1 Å². The monoisotopic (exact) mass is 303 g/mol. The van der Waals surface area contributed by atoms with Gasteiger partial charge in [-0.2, -0.15) is 0 Å². The zero-order chi connectivity index (χ0) is 16.2. The van der Waals surface area contributed by atoms with Gasteiger partial charge in [-0.25, -0.2) is 4.79 Å². The van der Waals surface area contributed by atoms with Gasteiger partial charge in [0.05, 0.1) is 0 Å². The number of hydrogen-bond donors (Lipinski definition) is 1. The Morgan fingerprint density at radius 3 is 2.64 bits per heavy atom. The molecule has 0 aliphatic carbocycles. The molecular weight excluding hydrogens is 278 g/mol. The van der Waals surface area contributed by atoms with Gasteiger partial charge >= 0.3 is 5.97 Å². The Labute approximate surface area is 132 Å². The fourth-order valence-electron chi connectivity index (χ4n) is 2.73. The minimum Gasteiger partial charge on any atom is -0.459 e. The van der Waals surface area contributed by atoms with Crippen molar-refractivity contribution in [2.45, 2.75) is 25.9 Å². The van der Waals surface area contributed by atoms with Gasteiger partial charge in [0.1, 0.15) is 6.61 Å². The van der Waals surface area contributed by atoms with Crippen LogP contribution in [0.15, 0.2) is 42.0 Å². The average molecular weight is 303 g/mol. The number of benzene rings is 1. The van der Waals surface area contributed by atoms with Gasteiger partial charge in [-0.05, 0) is 30.5 Å². The van der Waals surface area contributed by atoms with E-state index in [9.17, 15) is 9.90 Å². The lowest BCUT2D eigenvalue weighted by Gasteiger charge is -2.31. The van der Waals surface area contributed by atoms with E-state index in [0.29, 0.717) is 5.56 Å². The van der Waals surface area contributed by atoms with Gasteiger partial charge in [-0.1, -0.05) is 50.3 Å². The second-order valence-corrected chi connectivity index (χ2v) is 6.25. The van der Waals surface area contributed by atoms with Crippen molar-refractivity contribution in [3.63, 3.8) is 0 Å². The van der Waals surface area contributed by atoms with E-state index in [1.54, 1.807) is 12.1 Å². The first kappa shape index (κ1) is 16.7. The van der Waals surface area contributed by atoms with Crippen molar-refractivity contribution < 1.29 is 14.6 Å². The molecule has 1 heterocycles.